The summed E-state index contributed by atoms with van der Waals surface area (Å²) in [5, 5.41) is 0. The number of carbonyl (C=O) groups excluding carboxylic acids is 1. The molecule has 0 bridgehead atoms. The minimum absolute atomic E-state index is 0.118. The van der Waals surface area contributed by atoms with Crippen molar-refractivity contribution in [2.75, 3.05) is 31.2 Å². The minimum atomic E-state index is -4.36. The summed E-state index contributed by atoms with van der Waals surface area (Å²) in [5.74, 6) is 0.274. The summed E-state index contributed by atoms with van der Waals surface area (Å²) >= 11 is 0. The highest BCUT2D eigenvalue weighted by molar-refractivity contribution is 5.72. The predicted octanol–water partition coefficient (Wildman–Crippen LogP) is 2.34. The molecule has 0 aliphatic carbocycles. The molecule has 0 aromatic carbocycles. The molecule has 0 N–H and O–H groups in total. The second-order valence-corrected chi connectivity index (χ2v) is 5.49. The van der Waals surface area contributed by atoms with Crippen LogP contribution in [0.15, 0.2) is 12.4 Å². The van der Waals surface area contributed by atoms with Crippen LogP contribution in [0.25, 0.3) is 0 Å². The highest BCUT2D eigenvalue weighted by Crippen LogP contribution is 2.23. The van der Waals surface area contributed by atoms with Gasteiger partial charge in [0.2, 0.25) is 0 Å². The maximum Gasteiger partial charge on any atom is 0.411 e. The van der Waals surface area contributed by atoms with Crippen molar-refractivity contribution in [3.63, 3.8) is 0 Å². The molecule has 1 saturated heterocycles. The Labute approximate surface area is 138 Å². The third-order valence-corrected chi connectivity index (χ3v) is 3.63. The van der Waals surface area contributed by atoms with Crippen molar-refractivity contribution < 1.29 is 27.4 Å². The van der Waals surface area contributed by atoms with Gasteiger partial charge < -0.3 is 14.4 Å². The number of aromatic nitrogens is 2. The molecule has 2 rings (SSSR count). The van der Waals surface area contributed by atoms with Gasteiger partial charge in [0.25, 0.3) is 0 Å². The van der Waals surface area contributed by atoms with Gasteiger partial charge in [0, 0.05) is 13.1 Å². The molecule has 1 aliphatic heterocycles. The van der Waals surface area contributed by atoms with Crippen molar-refractivity contribution in [2.45, 2.75) is 32.5 Å². The third-order valence-electron chi connectivity index (χ3n) is 3.63. The average Bonchev–Trinajstić information content (AvgIpc) is 2.54. The topological polar surface area (TPSA) is 64.5 Å². The summed E-state index contributed by atoms with van der Waals surface area (Å²) in [6, 6.07) is 0. The van der Waals surface area contributed by atoms with Crippen LogP contribution in [0.2, 0.25) is 0 Å². The lowest BCUT2D eigenvalue weighted by atomic mass is 9.97. The van der Waals surface area contributed by atoms with Crippen LogP contribution in [0.4, 0.5) is 19.0 Å². The maximum absolute atomic E-state index is 12.1. The lowest BCUT2D eigenvalue weighted by Gasteiger charge is -2.31. The van der Waals surface area contributed by atoms with Crippen molar-refractivity contribution in [3.8, 4) is 0 Å². The van der Waals surface area contributed by atoms with Gasteiger partial charge in [-0.25, -0.2) is 4.98 Å². The number of piperidine rings is 1. The van der Waals surface area contributed by atoms with Gasteiger partial charge in [-0.05, 0) is 19.8 Å². The third kappa shape index (κ3) is 5.63. The molecule has 1 fully saturated rings. The molecule has 1 aromatic heterocycles. The molecule has 0 spiro atoms. The van der Waals surface area contributed by atoms with Crippen LogP contribution >= 0.6 is 0 Å². The van der Waals surface area contributed by atoms with E-state index in [1.54, 1.807) is 13.1 Å². The van der Waals surface area contributed by atoms with E-state index < -0.39 is 12.8 Å². The smallest absolute Gasteiger partial charge is 0.411 e. The SMILES string of the molecule is CCOC(=O)C1CCN(c2cncc(COCC(F)(F)F)n2)CC1. The van der Waals surface area contributed by atoms with E-state index in [0.717, 1.165) is 0 Å². The number of esters is 1. The number of hydrogen-bond acceptors (Lipinski definition) is 6. The monoisotopic (exact) mass is 347 g/mol. The second-order valence-electron chi connectivity index (χ2n) is 5.49. The van der Waals surface area contributed by atoms with Crippen LogP contribution in [-0.4, -0.2) is 48.4 Å². The average molecular weight is 347 g/mol. The molecular weight excluding hydrogens is 327 g/mol. The number of rotatable bonds is 6. The van der Waals surface area contributed by atoms with E-state index >= 15 is 0 Å². The van der Waals surface area contributed by atoms with Gasteiger partial charge in [-0.3, -0.25) is 9.78 Å². The molecule has 1 aromatic rings. The van der Waals surface area contributed by atoms with Crippen LogP contribution in [0, 0.1) is 5.92 Å². The van der Waals surface area contributed by atoms with E-state index in [9.17, 15) is 18.0 Å². The fraction of sp³-hybridized carbons (Fsp3) is 0.667. The summed E-state index contributed by atoms with van der Waals surface area (Å²) in [6.07, 6.45) is -0.131. The first-order valence-electron chi connectivity index (χ1n) is 7.76. The molecule has 1 aliphatic rings. The molecule has 0 amide bonds. The largest absolute Gasteiger partial charge is 0.466 e. The van der Waals surface area contributed by atoms with E-state index in [2.05, 4.69) is 14.7 Å². The summed E-state index contributed by atoms with van der Waals surface area (Å²) < 4.78 is 45.8. The Morgan fingerprint density at radius 1 is 1.33 bits per heavy atom. The van der Waals surface area contributed by atoms with Crippen LogP contribution in [0.5, 0.6) is 0 Å². The summed E-state index contributed by atoms with van der Waals surface area (Å²) in [7, 11) is 0. The fourth-order valence-corrected chi connectivity index (χ4v) is 2.49. The highest BCUT2D eigenvalue weighted by atomic mass is 19.4. The van der Waals surface area contributed by atoms with E-state index in [0.29, 0.717) is 44.0 Å². The zero-order valence-corrected chi connectivity index (χ0v) is 13.4. The highest BCUT2D eigenvalue weighted by Gasteiger charge is 2.28. The van der Waals surface area contributed by atoms with Gasteiger partial charge in [0.15, 0.2) is 0 Å². The number of nitrogens with zero attached hydrogens (tertiary/aromatic N) is 3. The molecule has 0 saturated carbocycles. The van der Waals surface area contributed by atoms with Crippen molar-refractivity contribution in [1.29, 1.82) is 0 Å². The molecule has 0 radical (unpaired) electrons. The Hall–Kier alpha value is -1.90. The van der Waals surface area contributed by atoms with Crippen LogP contribution < -0.4 is 4.90 Å². The first-order valence-corrected chi connectivity index (χ1v) is 7.76. The number of halogens is 3. The van der Waals surface area contributed by atoms with Gasteiger partial charge in [0.05, 0.1) is 37.2 Å². The number of anilines is 1. The van der Waals surface area contributed by atoms with Crippen LogP contribution in [0.3, 0.4) is 0 Å². The van der Waals surface area contributed by atoms with Crippen LogP contribution in [-0.2, 0) is 20.9 Å². The maximum atomic E-state index is 12.1. The van der Waals surface area contributed by atoms with Crippen molar-refractivity contribution in [3.05, 3.63) is 18.1 Å². The van der Waals surface area contributed by atoms with E-state index in [-0.39, 0.29) is 18.5 Å². The molecule has 134 valence electrons. The summed E-state index contributed by atoms with van der Waals surface area (Å²) in [4.78, 5) is 22.0. The Morgan fingerprint density at radius 2 is 2.04 bits per heavy atom. The molecule has 6 nitrogen and oxygen atoms in total. The normalized spacial score (nSPS) is 16.2. The van der Waals surface area contributed by atoms with E-state index in [1.165, 1.54) is 6.20 Å². The zero-order valence-electron chi connectivity index (χ0n) is 13.4. The van der Waals surface area contributed by atoms with Gasteiger partial charge >= 0.3 is 12.1 Å². The summed E-state index contributed by atoms with van der Waals surface area (Å²) in [6.45, 7) is 1.80. The number of carbonyl (C=O) groups is 1. The minimum Gasteiger partial charge on any atom is -0.466 e. The van der Waals surface area contributed by atoms with Crippen molar-refractivity contribution in [1.82, 2.24) is 9.97 Å². The predicted molar refractivity (Wildman–Crippen MR) is 79.3 cm³/mol. The van der Waals surface area contributed by atoms with Gasteiger partial charge in [0.1, 0.15) is 12.4 Å². The van der Waals surface area contributed by atoms with Crippen LogP contribution in [0.1, 0.15) is 25.5 Å². The lowest BCUT2D eigenvalue weighted by molar-refractivity contribution is -0.176. The Balaban J connectivity index is 1.87. The van der Waals surface area contributed by atoms with Gasteiger partial charge in [-0.1, -0.05) is 0 Å². The molecule has 2 heterocycles. The van der Waals surface area contributed by atoms with Crippen molar-refractivity contribution >= 4 is 11.8 Å². The quantitative estimate of drug-likeness (QED) is 0.736. The summed E-state index contributed by atoms with van der Waals surface area (Å²) in [5.41, 5.74) is 0.337. The Bertz CT molecular complexity index is 546. The molecule has 9 heteroatoms. The fourth-order valence-electron chi connectivity index (χ4n) is 2.49. The standard InChI is InChI=1S/C15H20F3N3O3/c1-2-24-14(22)11-3-5-21(6-4-11)13-8-19-7-12(20-13)9-23-10-15(16,17)18/h7-8,11H,2-6,9-10H2,1H3. The Kier molecular flexibility index (Phi) is 6.36. The van der Waals surface area contributed by atoms with E-state index in [1.807, 2.05) is 4.90 Å². The molecule has 24 heavy (non-hydrogen) atoms. The Morgan fingerprint density at radius 3 is 2.67 bits per heavy atom. The number of ether oxygens (including phenoxy) is 2. The first-order chi connectivity index (χ1) is 11.4. The first kappa shape index (κ1) is 18.4. The second kappa shape index (κ2) is 8.27. The van der Waals surface area contributed by atoms with Gasteiger partial charge in [-0.15, -0.1) is 0 Å². The number of alkyl halides is 3. The van der Waals surface area contributed by atoms with E-state index in [4.69, 9.17) is 4.74 Å². The molecule has 0 atom stereocenters. The molecule has 0 unspecified atom stereocenters. The van der Waals surface area contributed by atoms with Gasteiger partial charge in [-0.2, -0.15) is 13.2 Å². The lowest BCUT2D eigenvalue weighted by Crippen LogP contribution is -2.37. The zero-order chi connectivity index (χ0) is 17.6. The molecular formula is C15H20F3N3O3. The van der Waals surface area contributed by atoms with Crippen molar-refractivity contribution in [2.24, 2.45) is 5.92 Å². The number of hydrogen-bond donors (Lipinski definition) is 0.